The first kappa shape index (κ1) is 23.0. The number of aryl methyl sites for hydroxylation is 1. The zero-order valence-corrected chi connectivity index (χ0v) is 18.5. The van der Waals surface area contributed by atoms with Crippen molar-refractivity contribution >= 4 is 29.9 Å². The molecule has 2 N–H and O–H groups in total. The lowest BCUT2D eigenvalue weighted by molar-refractivity contribution is -0.0505. The van der Waals surface area contributed by atoms with E-state index in [1.165, 1.54) is 17.2 Å². The zero-order chi connectivity index (χ0) is 19.9. The van der Waals surface area contributed by atoms with Gasteiger partial charge in [-0.3, -0.25) is 4.99 Å². The van der Waals surface area contributed by atoms with Crippen LogP contribution < -0.4 is 24.8 Å². The molecule has 29 heavy (non-hydrogen) atoms. The summed E-state index contributed by atoms with van der Waals surface area (Å²) >= 11 is 0. The summed E-state index contributed by atoms with van der Waals surface area (Å²) < 4.78 is 40.6. The normalized spacial score (nSPS) is 12.5. The Morgan fingerprint density at radius 3 is 2.55 bits per heavy atom. The van der Waals surface area contributed by atoms with Crippen molar-refractivity contribution in [1.82, 2.24) is 10.6 Å². The van der Waals surface area contributed by atoms with Crippen LogP contribution >= 0.6 is 24.0 Å². The number of hydrogen-bond acceptors (Lipinski definition) is 4. The Morgan fingerprint density at radius 1 is 1.14 bits per heavy atom. The standard InChI is InChI=1S/C20H23F2N3O3.HI/c1-13-5-3-4-6-14(13)7-8-24-20(23-2)25-11-15-9-17-18(27-12-26-17)10-16(15)28-19(21)22;/h3-6,9-10,19H,7-8,11-12H2,1-2H3,(H2,23,24,25);1H. The summed E-state index contributed by atoms with van der Waals surface area (Å²) in [5.41, 5.74) is 3.02. The van der Waals surface area contributed by atoms with Gasteiger partial charge in [0.2, 0.25) is 6.79 Å². The van der Waals surface area contributed by atoms with Crippen LogP contribution in [0.3, 0.4) is 0 Å². The summed E-state index contributed by atoms with van der Waals surface area (Å²) in [5, 5.41) is 6.33. The van der Waals surface area contributed by atoms with Crippen molar-refractivity contribution in [2.75, 3.05) is 20.4 Å². The molecule has 3 rings (SSSR count). The average Bonchev–Trinajstić information content (AvgIpc) is 3.12. The molecule has 0 unspecified atom stereocenters. The van der Waals surface area contributed by atoms with Gasteiger partial charge in [-0.15, -0.1) is 24.0 Å². The van der Waals surface area contributed by atoms with Crippen LogP contribution in [-0.4, -0.2) is 33.0 Å². The Kier molecular flexibility index (Phi) is 8.74. The molecule has 0 aliphatic carbocycles. The van der Waals surface area contributed by atoms with E-state index in [1.54, 1.807) is 13.1 Å². The summed E-state index contributed by atoms with van der Waals surface area (Å²) in [7, 11) is 1.65. The highest BCUT2D eigenvalue weighted by molar-refractivity contribution is 14.0. The predicted octanol–water partition coefficient (Wildman–Crippen LogP) is 3.85. The second-order valence-corrected chi connectivity index (χ2v) is 6.22. The Morgan fingerprint density at radius 2 is 1.86 bits per heavy atom. The van der Waals surface area contributed by atoms with Crippen LogP contribution in [-0.2, 0) is 13.0 Å². The highest BCUT2D eigenvalue weighted by Crippen LogP contribution is 2.38. The SMILES string of the molecule is CN=C(NCCc1ccccc1C)NCc1cc2c(cc1OC(F)F)OCO2.I. The number of fused-ring (bicyclic) bond motifs is 1. The predicted molar refractivity (Wildman–Crippen MR) is 118 cm³/mol. The molecule has 0 fully saturated rings. The molecule has 0 atom stereocenters. The van der Waals surface area contributed by atoms with Crippen LogP contribution in [0.25, 0.3) is 0 Å². The smallest absolute Gasteiger partial charge is 0.387 e. The Balaban J connectivity index is 0.00000300. The largest absolute Gasteiger partial charge is 0.454 e. The van der Waals surface area contributed by atoms with Gasteiger partial charge >= 0.3 is 6.61 Å². The number of hydrogen-bond donors (Lipinski definition) is 2. The molecule has 0 bridgehead atoms. The minimum atomic E-state index is -2.93. The van der Waals surface area contributed by atoms with Crippen LogP contribution in [0, 0.1) is 6.92 Å². The molecule has 0 saturated heterocycles. The second kappa shape index (κ2) is 11.0. The minimum absolute atomic E-state index is 0. The van der Waals surface area contributed by atoms with Crippen LogP contribution in [0.1, 0.15) is 16.7 Å². The number of nitrogens with one attached hydrogen (secondary N) is 2. The third-order valence-electron chi connectivity index (χ3n) is 4.39. The lowest BCUT2D eigenvalue weighted by Crippen LogP contribution is -2.38. The number of nitrogens with zero attached hydrogens (tertiary/aromatic N) is 1. The number of rotatable bonds is 7. The van der Waals surface area contributed by atoms with E-state index in [1.807, 2.05) is 12.1 Å². The van der Waals surface area contributed by atoms with Crippen molar-refractivity contribution in [1.29, 1.82) is 0 Å². The van der Waals surface area contributed by atoms with Gasteiger partial charge in [-0.25, -0.2) is 0 Å². The Labute approximate surface area is 185 Å². The maximum absolute atomic E-state index is 12.7. The molecule has 0 amide bonds. The summed E-state index contributed by atoms with van der Waals surface area (Å²) in [5.74, 6) is 1.50. The van der Waals surface area contributed by atoms with Gasteiger partial charge in [0.15, 0.2) is 17.5 Å². The van der Waals surface area contributed by atoms with Gasteiger partial charge in [0.05, 0.1) is 0 Å². The number of benzene rings is 2. The van der Waals surface area contributed by atoms with E-state index >= 15 is 0 Å². The molecule has 6 nitrogen and oxygen atoms in total. The molecule has 1 heterocycles. The average molecular weight is 519 g/mol. The van der Waals surface area contributed by atoms with Gasteiger partial charge in [0.1, 0.15) is 5.75 Å². The van der Waals surface area contributed by atoms with Crippen molar-refractivity contribution in [2.45, 2.75) is 26.5 Å². The van der Waals surface area contributed by atoms with Gasteiger partial charge in [-0.05, 0) is 30.5 Å². The maximum atomic E-state index is 12.7. The first-order valence-corrected chi connectivity index (χ1v) is 8.93. The molecule has 1 aliphatic rings. The van der Waals surface area contributed by atoms with Crippen molar-refractivity contribution in [2.24, 2.45) is 4.99 Å². The second-order valence-electron chi connectivity index (χ2n) is 6.22. The first-order chi connectivity index (χ1) is 13.6. The zero-order valence-electron chi connectivity index (χ0n) is 16.2. The van der Waals surface area contributed by atoms with Crippen LogP contribution in [0.15, 0.2) is 41.4 Å². The number of ether oxygens (including phenoxy) is 3. The molecule has 1 aliphatic heterocycles. The van der Waals surface area contributed by atoms with E-state index in [2.05, 4.69) is 39.4 Å². The van der Waals surface area contributed by atoms with Crippen molar-refractivity contribution in [3.8, 4) is 17.2 Å². The van der Waals surface area contributed by atoms with Crippen LogP contribution in [0.2, 0.25) is 0 Å². The lowest BCUT2D eigenvalue weighted by Gasteiger charge is -2.15. The lowest BCUT2D eigenvalue weighted by atomic mass is 10.1. The van der Waals surface area contributed by atoms with E-state index in [0.717, 1.165) is 6.42 Å². The highest BCUT2D eigenvalue weighted by atomic mass is 127. The maximum Gasteiger partial charge on any atom is 0.387 e. The quantitative estimate of drug-likeness (QED) is 0.331. The summed E-state index contributed by atoms with van der Waals surface area (Å²) in [6, 6.07) is 11.2. The molecule has 0 spiro atoms. The van der Waals surface area contributed by atoms with Gasteiger partial charge in [-0.2, -0.15) is 8.78 Å². The van der Waals surface area contributed by atoms with Crippen LogP contribution in [0.5, 0.6) is 17.2 Å². The van der Waals surface area contributed by atoms with Crippen LogP contribution in [0.4, 0.5) is 8.78 Å². The van der Waals surface area contributed by atoms with E-state index < -0.39 is 6.61 Å². The van der Waals surface area contributed by atoms with Crippen molar-refractivity contribution < 1.29 is 23.0 Å². The fourth-order valence-electron chi connectivity index (χ4n) is 2.91. The summed E-state index contributed by atoms with van der Waals surface area (Å²) in [6.45, 7) is 0.134. The third-order valence-corrected chi connectivity index (χ3v) is 4.39. The van der Waals surface area contributed by atoms with Gasteiger partial charge in [0, 0.05) is 31.8 Å². The summed E-state index contributed by atoms with van der Waals surface area (Å²) in [6.07, 6.45) is 0.844. The molecule has 2 aromatic rings. The summed E-state index contributed by atoms with van der Waals surface area (Å²) in [4.78, 5) is 4.17. The van der Waals surface area contributed by atoms with E-state index in [9.17, 15) is 8.78 Å². The molecule has 9 heteroatoms. The van der Waals surface area contributed by atoms with E-state index in [4.69, 9.17) is 9.47 Å². The Bertz CT molecular complexity index is 850. The van der Waals surface area contributed by atoms with Gasteiger partial charge < -0.3 is 24.8 Å². The topological polar surface area (TPSA) is 64.1 Å². The molecule has 0 aromatic heterocycles. The third kappa shape index (κ3) is 6.34. The monoisotopic (exact) mass is 519 g/mol. The minimum Gasteiger partial charge on any atom is -0.454 e. The molecular weight excluding hydrogens is 495 g/mol. The van der Waals surface area contributed by atoms with Gasteiger partial charge in [-0.1, -0.05) is 24.3 Å². The molecule has 2 aromatic carbocycles. The molecule has 158 valence electrons. The van der Waals surface area contributed by atoms with Crippen molar-refractivity contribution in [3.05, 3.63) is 53.1 Å². The number of guanidine groups is 1. The molecule has 0 radical (unpaired) electrons. The number of alkyl halides is 2. The fraction of sp³-hybridized carbons (Fsp3) is 0.350. The number of halogens is 3. The Hall–Kier alpha value is -2.30. The van der Waals surface area contributed by atoms with Gasteiger partial charge in [0.25, 0.3) is 0 Å². The first-order valence-electron chi connectivity index (χ1n) is 8.93. The highest BCUT2D eigenvalue weighted by Gasteiger charge is 2.20. The molecule has 0 saturated carbocycles. The van der Waals surface area contributed by atoms with E-state index in [-0.39, 0.29) is 43.1 Å². The van der Waals surface area contributed by atoms with E-state index in [0.29, 0.717) is 29.6 Å². The fourth-order valence-corrected chi connectivity index (χ4v) is 2.91. The van der Waals surface area contributed by atoms with Crippen molar-refractivity contribution in [3.63, 3.8) is 0 Å². The number of aliphatic imine (C=N–C) groups is 1. The molecular formula is C20H24F2IN3O3.